The third-order valence-electron chi connectivity index (χ3n) is 3.77. The summed E-state index contributed by atoms with van der Waals surface area (Å²) in [7, 11) is -3.00. The van der Waals surface area contributed by atoms with Crippen LogP contribution in [0.4, 0.5) is 0 Å². The van der Waals surface area contributed by atoms with E-state index in [1.807, 2.05) is 31.2 Å². The summed E-state index contributed by atoms with van der Waals surface area (Å²) in [5.41, 5.74) is 1.28. The maximum atomic E-state index is 12.4. The van der Waals surface area contributed by atoms with Gasteiger partial charge in [-0.3, -0.25) is 4.79 Å². The second-order valence-electron chi connectivity index (χ2n) is 5.44. The molecule has 8 heteroatoms. The Balaban J connectivity index is 1.72. The van der Waals surface area contributed by atoms with Crippen molar-refractivity contribution < 1.29 is 17.9 Å². The standard InChI is InChI=1S/C16H18N2O4S2/c1-2-22-13-5-3-12(4-6-13)15-17-14(11-23-15)16(19)18-7-9-24(20,21)10-8-18/h3-6,11H,2,7-10H2,1H3. The predicted octanol–water partition coefficient (Wildman–Crippen LogP) is 2.08. The van der Waals surface area contributed by atoms with Gasteiger partial charge in [-0.25, -0.2) is 13.4 Å². The topological polar surface area (TPSA) is 76.6 Å². The minimum Gasteiger partial charge on any atom is -0.494 e. The van der Waals surface area contributed by atoms with Crippen molar-refractivity contribution in [3.05, 3.63) is 35.3 Å². The molecule has 1 amide bonds. The normalized spacial score (nSPS) is 16.8. The molecular formula is C16H18N2O4S2. The predicted molar refractivity (Wildman–Crippen MR) is 93.3 cm³/mol. The molecule has 3 rings (SSSR count). The van der Waals surface area contributed by atoms with Gasteiger partial charge in [-0.2, -0.15) is 0 Å². The van der Waals surface area contributed by atoms with E-state index in [0.717, 1.165) is 16.3 Å². The van der Waals surface area contributed by atoms with E-state index in [1.54, 1.807) is 10.3 Å². The molecule has 1 fully saturated rings. The van der Waals surface area contributed by atoms with E-state index >= 15 is 0 Å². The molecule has 0 radical (unpaired) electrons. The van der Waals surface area contributed by atoms with Crippen LogP contribution in [0.25, 0.3) is 10.6 Å². The van der Waals surface area contributed by atoms with E-state index in [2.05, 4.69) is 4.98 Å². The number of amides is 1. The Labute approximate surface area is 145 Å². The summed E-state index contributed by atoms with van der Waals surface area (Å²) in [4.78, 5) is 18.4. The number of rotatable bonds is 4. The number of hydrogen-bond acceptors (Lipinski definition) is 6. The van der Waals surface area contributed by atoms with Crippen molar-refractivity contribution in [3.63, 3.8) is 0 Å². The fourth-order valence-corrected chi connectivity index (χ4v) is 4.44. The van der Waals surface area contributed by atoms with Crippen molar-refractivity contribution in [2.24, 2.45) is 0 Å². The summed E-state index contributed by atoms with van der Waals surface area (Å²) in [6, 6.07) is 7.56. The SMILES string of the molecule is CCOc1ccc(-c2nc(C(=O)N3CCS(=O)(=O)CC3)cs2)cc1. The van der Waals surface area contributed by atoms with Gasteiger partial charge in [0, 0.05) is 24.0 Å². The van der Waals surface area contributed by atoms with E-state index in [1.165, 1.54) is 11.3 Å². The van der Waals surface area contributed by atoms with Gasteiger partial charge in [0.15, 0.2) is 9.84 Å². The zero-order chi connectivity index (χ0) is 17.2. The molecule has 0 bridgehead atoms. The maximum Gasteiger partial charge on any atom is 0.273 e. The molecule has 128 valence electrons. The molecule has 1 saturated heterocycles. The molecule has 0 unspecified atom stereocenters. The Bertz CT molecular complexity index is 814. The van der Waals surface area contributed by atoms with Crippen molar-refractivity contribution in [1.29, 1.82) is 0 Å². The van der Waals surface area contributed by atoms with Gasteiger partial charge in [-0.05, 0) is 31.2 Å². The molecule has 6 nitrogen and oxygen atoms in total. The number of carbonyl (C=O) groups excluding carboxylic acids is 1. The zero-order valence-electron chi connectivity index (χ0n) is 13.3. The van der Waals surface area contributed by atoms with Gasteiger partial charge in [-0.1, -0.05) is 0 Å². The summed E-state index contributed by atoms with van der Waals surface area (Å²) in [6.45, 7) is 3.01. The van der Waals surface area contributed by atoms with Gasteiger partial charge >= 0.3 is 0 Å². The molecule has 24 heavy (non-hydrogen) atoms. The number of aromatic nitrogens is 1. The van der Waals surface area contributed by atoms with Crippen LogP contribution in [-0.4, -0.2) is 55.4 Å². The number of ether oxygens (including phenoxy) is 1. The molecule has 2 heterocycles. The van der Waals surface area contributed by atoms with Gasteiger partial charge in [0.2, 0.25) is 0 Å². The van der Waals surface area contributed by atoms with Crippen LogP contribution < -0.4 is 4.74 Å². The number of nitrogens with zero attached hydrogens (tertiary/aromatic N) is 2. The van der Waals surface area contributed by atoms with Crippen LogP contribution in [-0.2, 0) is 9.84 Å². The fourth-order valence-electron chi connectivity index (χ4n) is 2.44. The summed E-state index contributed by atoms with van der Waals surface area (Å²) in [5.74, 6) is 0.630. The highest BCUT2D eigenvalue weighted by atomic mass is 32.2. The Hall–Kier alpha value is -1.93. The molecule has 2 aromatic rings. The first-order valence-electron chi connectivity index (χ1n) is 7.67. The summed E-state index contributed by atoms with van der Waals surface area (Å²) >= 11 is 1.40. The molecule has 0 N–H and O–H groups in total. The highest BCUT2D eigenvalue weighted by Gasteiger charge is 2.27. The van der Waals surface area contributed by atoms with Crippen LogP contribution in [0.1, 0.15) is 17.4 Å². The Morgan fingerprint density at radius 1 is 1.25 bits per heavy atom. The van der Waals surface area contributed by atoms with E-state index in [4.69, 9.17) is 4.74 Å². The lowest BCUT2D eigenvalue weighted by Gasteiger charge is -2.25. The highest BCUT2D eigenvalue weighted by molar-refractivity contribution is 7.91. The van der Waals surface area contributed by atoms with E-state index in [9.17, 15) is 13.2 Å². The number of hydrogen-bond donors (Lipinski definition) is 0. The first-order valence-corrected chi connectivity index (χ1v) is 10.4. The molecule has 1 aliphatic rings. The van der Waals surface area contributed by atoms with Crippen LogP contribution >= 0.6 is 11.3 Å². The number of benzene rings is 1. The molecule has 0 atom stereocenters. The first-order chi connectivity index (χ1) is 11.5. The number of thiazole rings is 1. The minimum atomic E-state index is -3.00. The lowest BCUT2D eigenvalue weighted by Crippen LogP contribution is -2.43. The third-order valence-corrected chi connectivity index (χ3v) is 6.27. The van der Waals surface area contributed by atoms with E-state index in [0.29, 0.717) is 12.3 Å². The third kappa shape index (κ3) is 3.76. The first kappa shape index (κ1) is 16.9. The highest BCUT2D eigenvalue weighted by Crippen LogP contribution is 2.26. The molecular weight excluding hydrogens is 348 g/mol. The van der Waals surface area contributed by atoms with Gasteiger partial charge in [-0.15, -0.1) is 11.3 Å². The number of carbonyl (C=O) groups is 1. The minimum absolute atomic E-state index is 0.0224. The molecule has 1 aromatic carbocycles. The van der Waals surface area contributed by atoms with Gasteiger partial charge < -0.3 is 9.64 Å². The quantitative estimate of drug-likeness (QED) is 0.828. The van der Waals surface area contributed by atoms with Crippen molar-refractivity contribution in [1.82, 2.24) is 9.88 Å². The lowest BCUT2D eigenvalue weighted by molar-refractivity contribution is 0.0765. The van der Waals surface area contributed by atoms with Gasteiger partial charge in [0.1, 0.15) is 16.5 Å². The summed E-state index contributed by atoms with van der Waals surface area (Å²) < 4.78 is 28.3. The summed E-state index contributed by atoms with van der Waals surface area (Å²) in [6.07, 6.45) is 0. The zero-order valence-corrected chi connectivity index (χ0v) is 14.9. The summed E-state index contributed by atoms with van der Waals surface area (Å²) in [5, 5.41) is 2.48. The molecule has 0 spiro atoms. The van der Waals surface area contributed by atoms with Crippen LogP contribution in [0.2, 0.25) is 0 Å². The maximum absolute atomic E-state index is 12.4. The van der Waals surface area contributed by atoms with E-state index < -0.39 is 9.84 Å². The molecule has 1 aliphatic heterocycles. The van der Waals surface area contributed by atoms with Crippen LogP contribution in [0.5, 0.6) is 5.75 Å². The molecule has 0 aliphatic carbocycles. The fraction of sp³-hybridized carbons (Fsp3) is 0.375. The monoisotopic (exact) mass is 366 g/mol. The smallest absolute Gasteiger partial charge is 0.273 e. The molecule has 1 aromatic heterocycles. The van der Waals surface area contributed by atoms with Gasteiger partial charge in [0.25, 0.3) is 5.91 Å². The van der Waals surface area contributed by atoms with Crippen LogP contribution in [0, 0.1) is 0 Å². The Morgan fingerprint density at radius 3 is 2.54 bits per heavy atom. The Morgan fingerprint density at radius 2 is 1.92 bits per heavy atom. The second kappa shape index (κ2) is 6.90. The van der Waals surface area contributed by atoms with Crippen molar-refractivity contribution in [2.45, 2.75) is 6.92 Å². The van der Waals surface area contributed by atoms with E-state index in [-0.39, 0.29) is 30.5 Å². The van der Waals surface area contributed by atoms with Crippen molar-refractivity contribution >= 4 is 27.1 Å². The average Bonchev–Trinajstić information content (AvgIpc) is 3.05. The molecule has 0 saturated carbocycles. The van der Waals surface area contributed by atoms with Crippen molar-refractivity contribution in [2.75, 3.05) is 31.2 Å². The lowest BCUT2D eigenvalue weighted by atomic mass is 10.2. The van der Waals surface area contributed by atoms with Crippen molar-refractivity contribution in [3.8, 4) is 16.3 Å². The second-order valence-corrected chi connectivity index (χ2v) is 8.60. The van der Waals surface area contributed by atoms with Gasteiger partial charge in [0.05, 0.1) is 18.1 Å². The number of sulfone groups is 1. The average molecular weight is 366 g/mol. The van der Waals surface area contributed by atoms with Crippen LogP contribution in [0.15, 0.2) is 29.6 Å². The largest absolute Gasteiger partial charge is 0.494 e. The Kier molecular flexibility index (Phi) is 4.86. The van der Waals surface area contributed by atoms with Crippen LogP contribution in [0.3, 0.4) is 0 Å².